The van der Waals surface area contributed by atoms with Crippen LogP contribution in [-0.2, 0) is 18.4 Å². The highest BCUT2D eigenvalue weighted by atomic mass is 31.2. The van der Waals surface area contributed by atoms with Gasteiger partial charge in [-0.05, 0) is 57.8 Å². The lowest BCUT2D eigenvalue weighted by Crippen LogP contribution is -2.45. The molecule has 0 aromatic heterocycles. The van der Waals surface area contributed by atoms with E-state index in [-0.39, 0.29) is 19.1 Å². The first kappa shape index (κ1) is 58.2. The number of phosphoric ester groups is 1. The summed E-state index contributed by atoms with van der Waals surface area (Å²) in [6.45, 7) is 4.53. The van der Waals surface area contributed by atoms with Crippen LogP contribution in [0.5, 0.6) is 0 Å². The van der Waals surface area contributed by atoms with Crippen LogP contribution >= 0.6 is 7.82 Å². The van der Waals surface area contributed by atoms with E-state index in [1.54, 1.807) is 6.08 Å². The Labute approximate surface area is 371 Å². The summed E-state index contributed by atoms with van der Waals surface area (Å²) in [5.74, 6) is -0.204. The van der Waals surface area contributed by atoms with E-state index in [0.717, 1.165) is 64.2 Å². The van der Waals surface area contributed by atoms with Gasteiger partial charge in [-0.25, -0.2) is 0 Å². The number of hydrogen-bond donors (Lipinski definition) is 2. The van der Waals surface area contributed by atoms with Crippen molar-refractivity contribution in [2.24, 2.45) is 0 Å². The Kier molecular flexibility index (Phi) is 41.2. The van der Waals surface area contributed by atoms with Crippen LogP contribution in [0.25, 0.3) is 0 Å². The first-order valence-corrected chi connectivity index (χ1v) is 26.1. The van der Waals surface area contributed by atoms with Crippen molar-refractivity contribution in [3.05, 3.63) is 60.8 Å². The van der Waals surface area contributed by atoms with Gasteiger partial charge in [0.05, 0.1) is 39.9 Å². The summed E-state index contributed by atoms with van der Waals surface area (Å²) in [4.78, 5) is 25.4. The van der Waals surface area contributed by atoms with Crippen molar-refractivity contribution >= 4 is 13.7 Å². The van der Waals surface area contributed by atoms with E-state index in [9.17, 15) is 19.4 Å². The topological polar surface area (TPSA) is 108 Å². The number of phosphoric acid groups is 1. The third-order valence-corrected chi connectivity index (χ3v) is 11.7. The number of unbranched alkanes of at least 4 members (excludes halogenated alkanes) is 23. The largest absolute Gasteiger partial charge is 0.756 e. The fourth-order valence-electron chi connectivity index (χ4n) is 6.85. The monoisotopic (exact) mass is 863 g/mol. The van der Waals surface area contributed by atoms with Crippen molar-refractivity contribution in [3.63, 3.8) is 0 Å². The molecule has 9 heteroatoms. The van der Waals surface area contributed by atoms with Gasteiger partial charge in [-0.2, -0.15) is 0 Å². The van der Waals surface area contributed by atoms with Gasteiger partial charge in [-0.1, -0.05) is 203 Å². The summed E-state index contributed by atoms with van der Waals surface area (Å²) in [6.07, 6.45) is 55.5. The number of amides is 1. The molecule has 0 saturated carbocycles. The van der Waals surface area contributed by atoms with Crippen molar-refractivity contribution < 1.29 is 32.9 Å². The fraction of sp³-hybridized carbons (Fsp3) is 0.784. The highest BCUT2D eigenvalue weighted by molar-refractivity contribution is 7.45. The van der Waals surface area contributed by atoms with E-state index in [0.29, 0.717) is 17.4 Å². The Bertz CT molecular complexity index is 1160. The molecule has 0 aromatic carbocycles. The first-order valence-electron chi connectivity index (χ1n) is 24.7. The van der Waals surface area contributed by atoms with E-state index >= 15 is 0 Å². The van der Waals surface area contributed by atoms with Crippen LogP contribution in [0, 0.1) is 0 Å². The summed E-state index contributed by atoms with van der Waals surface area (Å²) in [5.41, 5.74) is 0. The van der Waals surface area contributed by atoms with Crippen molar-refractivity contribution in [1.82, 2.24) is 5.32 Å². The van der Waals surface area contributed by atoms with Gasteiger partial charge in [0.1, 0.15) is 13.2 Å². The van der Waals surface area contributed by atoms with Crippen LogP contribution in [0.15, 0.2) is 60.8 Å². The van der Waals surface area contributed by atoms with Crippen LogP contribution in [-0.4, -0.2) is 68.5 Å². The van der Waals surface area contributed by atoms with Gasteiger partial charge >= 0.3 is 0 Å². The number of carbonyl (C=O) groups excluding carboxylic acids is 1. The van der Waals surface area contributed by atoms with Crippen LogP contribution < -0.4 is 10.2 Å². The zero-order chi connectivity index (χ0) is 44.3. The zero-order valence-corrected chi connectivity index (χ0v) is 40.5. The van der Waals surface area contributed by atoms with Gasteiger partial charge in [0.2, 0.25) is 5.91 Å². The van der Waals surface area contributed by atoms with Gasteiger partial charge in [-0.3, -0.25) is 9.36 Å². The molecule has 3 unspecified atom stereocenters. The molecule has 0 aliphatic heterocycles. The van der Waals surface area contributed by atoms with Gasteiger partial charge in [0.15, 0.2) is 0 Å². The molecule has 0 aliphatic carbocycles. The predicted molar refractivity (Wildman–Crippen MR) is 256 cm³/mol. The summed E-state index contributed by atoms with van der Waals surface area (Å²) in [7, 11) is 1.25. The van der Waals surface area contributed by atoms with E-state index in [4.69, 9.17) is 9.05 Å². The smallest absolute Gasteiger partial charge is 0.268 e. The lowest BCUT2D eigenvalue weighted by atomic mass is 10.0. The number of aliphatic hydroxyl groups is 1. The number of aliphatic hydroxyl groups excluding tert-OH is 1. The molecule has 0 heterocycles. The van der Waals surface area contributed by atoms with E-state index in [1.807, 2.05) is 27.2 Å². The van der Waals surface area contributed by atoms with Gasteiger partial charge < -0.3 is 28.8 Å². The number of nitrogens with zero attached hydrogens (tertiary/aromatic N) is 1. The summed E-state index contributed by atoms with van der Waals surface area (Å²) in [5, 5.41) is 13.8. The standard InChI is InChI=1S/C51H95N2O6P/c1-6-8-10-12-14-16-18-20-22-23-24-25-26-27-28-29-31-33-35-37-39-41-43-45-51(55)52-49(48-59-60(56,57)58-47-46-53(3,4)5)50(54)44-42-40-38-36-34-32-30-21-19-17-15-13-11-9-7-2/h8,10,14,16,20,22,24-25,42,44,49-50,54H,6-7,9,11-13,15,17-19,21,23,26-41,43,45-48H2,1-5H3,(H-,52,55,56,57)/b10-8-,16-14-,22-20-,25-24-,44-42+. The van der Waals surface area contributed by atoms with Crippen LogP contribution in [0.1, 0.15) is 206 Å². The third-order valence-electron chi connectivity index (χ3n) is 10.7. The number of rotatable bonds is 44. The second-order valence-corrected chi connectivity index (χ2v) is 19.2. The van der Waals surface area contributed by atoms with Crippen LogP contribution in [0.4, 0.5) is 0 Å². The summed E-state index contributed by atoms with van der Waals surface area (Å²) in [6, 6.07) is -0.890. The maximum absolute atomic E-state index is 12.9. The molecule has 3 atom stereocenters. The molecule has 0 radical (unpaired) electrons. The van der Waals surface area contributed by atoms with Crippen molar-refractivity contribution in [1.29, 1.82) is 0 Å². The number of allylic oxidation sites excluding steroid dienone is 9. The molecule has 350 valence electrons. The molecular formula is C51H95N2O6P. The molecule has 0 aliphatic rings. The van der Waals surface area contributed by atoms with Gasteiger partial charge in [-0.15, -0.1) is 0 Å². The minimum atomic E-state index is -4.59. The minimum Gasteiger partial charge on any atom is -0.756 e. The summed E-state index contributed by atoms with van der Waals surface area (Å²) >= 11 is 0. The molecular weight excluding hydrogens is 768 g/mol. The van der Waals surface area contributed by atoms with E-state index in [2.05, 4.69) is 67.8 Å². The fourth-order valence-corrected chi connectivity index (χ4v) is 7.57. The molecule has 8 nitrogen and oxygen atoms in total. The Morgan fingerprint density at radius 1 is 0.600 bits per heavy atom. The first-order chi connectivity index (χ1) is 29.0. The average Bonchev–Trinajstić information content (AvgIpc) is 3.20. The zero-order valence-electron chi connectivity index (χ0n) is 39.6. The Morgan fingerprint density at radius 3 is 1.48 bits per heavy atom. The molecule has 0 saturated heterocycles. The lowest BCUT2D eigenvalue weighted by molar-refractivity contribution is -0.870. The number of quaternary nitrogens is 1. The molecule has 0 bridgehead atoms. The molecule has 0 aromatic rings. The third kappa shape index (κ3) is 44.3. The minimum absolute atomic E-state index is 0.00383. The lowest BCUT2D eigenvalue weighted by Gasteiger charge is -2.29. The second kappa shape index (κ2) is 42.5. The quantitative estimate of drug-likeness (QED) is 0.0273. The van der Waals surface area contributed by atoms with Gasteiger partial charge in [0, 0.05) is 6.42 Å². The number of nitrogens with one attached hydrogen (secondary N) is 1. The normalized spacial score (nSPS) is 14.7. The predicted octanol–water partition coefficient (Wildman–Crippen LogP) is 13.6. The Balaban J connectivity index is 4.32. The van der Waals surface area contributed by atoms with Crippen molar-refractivity contribution in [2.75, 3.05) is 40.9 Å². The van der Waals surface area contributed by atoms with Crippen molar-refractivity contribution in [2.45, 2.75) is 219 Å². The molecule has 0 fully saturated rings. The maximum atomic E-state index is 12.9. The molecule has 0 rings (SSSR count). The van der Waals surface area contributed by atoms with Crippen LogP contribution in [0.2, 0.25) is 0 Å². The maximum Gasteiger partial charge on any atom is 0.268 e. The van der Waals surface area contributed by atoms with E-state index < -0.39 is 20.0 Å². The van der Waals surface area contributed by atoms with Crippen molar-refractivity contribution in [3.8, 4) is 0 Å². The van der Waals surface area contributed by atoms with Gasteiger partial charge in [0.25, 0.3) is 7.82 Å². The highest BCUT2D eigenvalue weighted by Gasteiger charge is 2.23. The number of likely N-dealkylation sites (N-methyl/N-ethyl adjacent to an activating group) is 1. The number of hydrogen-bond acceptors (Lipinski definition) is 6. The highest BCUT2D eigenvalue weighted by Crippen LogP contribution is 2.38. The molecule has 2 N–H and O–H groups in total. The van der Waals surface area contributed by atoms with Crippen LogP contribution in [0.3, 0.4) is 0 Å². The number of carbonyl (C=O) groups is 1. The molecule has 60 heavy (non-hydrogen) atoms. The molecule has 1 amide bonds. The molecule has 0 spiro atoms. The SMILES string of the molecule is CC/C=C\C/C=C\C/C=C\C/C=C\CCCCCCCCCCCCC(=O)NC(COP(=O)([O-])OCC[N+](C)(C)C)C(O)/C=C/CCCCCCCCCCCCCCC. The average molecular weight is 863 g/mol. The van der Waals surface area contributed by atoms with E-state index in [1.165, 1.54) is 122 Å². The Morgan fingerprint density at radius 2 is 1.02 bits per heavy atom. The second-order valence-electron chi connectivity index (χ2n) is 17.8. The Hall–Kier alpha value is -1.80. The summed E-state index contributed by atoms with van der Waals surface area (Å²) < 4.78 is 23.3.